The van der Waals surface area contributed by atoms with Crippen LogP contribution >= 0.6 is 0 Å². The van der Waals surface area contributed by atoms with Gasteiger partial charge in [0.2, 0.25) is 0 Å². The second kappa shape index (κ2) is 7.89. The van der Waals surface area contributed by atoms with Crippen LogP contribution in [-0.4, -0.2) is 43.7 Å². The molecule has 0 saturated carbocycles. The van der Waals surface area contributed by atoms with Gasteiger partial charge in [-0.15, -0.1) is 0 Å². The standard InChI is InChI=1S/C11H22F3NO2/c1-10(16,4-3-5-11(12,13)14)6-7-15-8-9-17-2/h15-16H,3-9H2,1-2H3. The lowest BCUT2D eigenvalue weighted by Crippen LogP contribution is -2.31. The predicted octanol–water partition coefficient (Wildman–Crippen LogP) is 2.10. The first-order chi connectivity index (χ1) is 7.77. The highest BCUT2D eigenvalue weighted by molar-refractivity contribution is 4.74. The third-order valence-electron chi connectivity index (χ3n) is 2.50. The molecule has 0 bridgehead atoms. The number of nitrogens with one attached hydrogen (secondary N) is 1. The van der Waals surface area contributed by atoms with E-state index >= 15 is 0 Å². The smallest absolute Gasteiger partial charge is 0.389 e. The molecule has 0 spiro atoms. The average molecular weight is 257 g/mol. The number of halogens is 3. The van der Waals surface area contributed by atoms with Crippen LogP contribution in [0.3, 0.4) is 0 Å². The number of hydrogen-bond acceptors (Lipinski definition) is 3. The number of methoxy groups -OCH3 is 1. The molecule has 0 rings (SSSR count). The fourth-order valence-electron chi connectivity index (χ4n) is 1.45. The maximum Gasteiger partial charge on any atom is 0.389 e. The lowest BCUT2D eigenvalue weighted by Gasteiger charge is -2.23. The minimum atomic E-state index is -4.13. The van der Waals surface area contributed by atoms with Crippen molar-refractivity contribution in [3.05, 3.63) is 0 Å². The summed E-state index contributed by atoms with van der Waals surface area (Å²) >= 11 is 0. The summed E-state index contributed by atoms with van der Waals surface area (Å²) in [5.41, 5.74) is -1.04. The van der Waals surface area contributed by atoms with E-state index in [2.05, 4.69) is 5.32 Å². The van der Waals surface area contributed by atoms with Gasteiger partial charge in [-0.25, -0.2) is 0 Å². The lowest BCUT2D eigenvalue weighted by atomic mass is 9.95. The van der Waals surface area contributed by atoms with Crippen LogP contribution in [0.2, 0.25) is 0 Å². The van der Waals surface area contributed by atoms with Crippen LogP contribution in [0.25, 0.3) is 0 Å². The molecular formula is C11H22F3NO2. The Morgan fingerprint density at radius 1 is 1.12 bits per heavy atom. The van der Waals surface area contributed by atoms with Crippen LogP contribution in [0, 0.1) is 0 Å². The molecule has 0 aromatic carbocycles. The second-order valence-electron chi connectivity index (χ2n) is 4.46. The van der Waals surface area contributed by atoms with Gasteiger partial charge in [-0.05, 0) is 32.7 Å². The van der Waals surface area contributed by atoms with Gasteiger partial charge in [0.05, 0.1) is 12.2 Å². The maximum atomic E-state index is 11.9. The summed E-state index contributed by atoms with van der Waals surface area (Å²) < 4.78 is 40.6. The van der Waals surface area contributed by atoms with Crippen LogP contribution in [0.4, 0.5) is 13.2 Å². The van der Waals surface area contributed by atoms with E-state index in [9.17, 15) is 18.3 Å². The Bertz CT molecular complexity index is 196. The third-order valence-corrected chi connectivity index (χ3v) is 2.50. The van der Waals surface area contributed by atoms with Gasteiger partial charge < -0.3 is 15.2 Å². The number of alkyl halides is 3. The van der Waals surface area contributed by atoms with Crippen LogP contribution in [0.15, 0.2) is 0 Å². The maximum absolute atomic E-state index is 11.9. The number of rotatable bonds is 9. The van der Waals surface area contributed by atoms with Crippen LogP contribution in [0.1, 0.15) is 32.6 Å². The quantitative estimate of drug-likeness (QED) is 0.621. The van der Waals surface area contributed by atoms with Crippen molar-refractivity contribution in [1.82, 2.24) is 5.32 Å². The Balaban J connectivity index is 3.58. The molecule has 2 N–H and O–H groups in total. The Morgan fingerprint density at radius 2 is 1.76 bits per heavy atom. The molecule has 0 fully saturated rings. The summed E-state index contributed by atoms with van der Waals surface area (Å²) in [6.07, 6.45) is -4.39. The molecule has 3 nitrogen and oxygen atoms in total. The fraction of sp³-hybridized carbons (Fsp3) is 1.00. The van der Waals surface area contributed by atoms with Gasteiger partial charge in [0, 0.05) is 20.1 Å². The third kappa shape index (κ3) is 11.9. The summed E-state index contributed by atoms with van der Waals surface area (Å²) in [6.45, 7) is 3.40. The SMILES string of the molecule is COCCNCCC(C)(O)CCCC(F)(F)F. The molecule has 0 aliphatic heterocycles. The van der Waals surface area contributed by atoms with E-state index in [1.807, 2.05) is 0 Å². The van der Waals surface area contributed by atoms with E-state index in [4.69, 9.17) is 4.74 Å². The van der Waals surface area contributed by atoms with Crippen molar-refractivity contribution in [1.29, 1.82) is 0 Å². The van der Waals surface area contributed by atoms with Crippen molar-refractivity contribution in [2.24, 2.45) is 0 Å². The van der Waals surface area contributed by atoms with E-state index in [1.54, 1.807) is 14.0 Å². The van der Waals surface area contributed by atoms with Gasteiger partial charge in [-0.3, -0.25) is 0 Å². The molecular weight excluding hydrogens is 235 g/mol. The zero-order valence-corrected chi connectivity index (χ0v) is 10.4. The molecule has 0 aromatic rings. The van der Waals surface area contributed by atoms with Gasteiger partial charge in [0.1, 0.15) is 0 Å². The second-order valence-corrected chi connectivity index (χ2v) is 4.46. The molecule has 0 saturated heterocycles. The van der Waals surface area contributed by atoms with Crippen molar-refractivity contribution in [2.75, 3.05) is 26.8 Å². The van der Waals surface area contributed by atoms with Gasteiger partial charge in [-0.2, -0.15) is 13.2 Å². The Kier molecular flexibility index (Phi) is 7.74. The van der Waals surface area contributed by atoms with Gasteiger partial charge in [-0.1, -0.05) is 0 Å². The van der Waals surface area contributed by atoms with Crippen LogP contribution in [0.5, 0.6) is 0 Å². The normalized spacial score (nSPS) is 15.9. The highest BCUT2D eigenvalue weighted by Crippen LogP contribution is 2.25. The minimum Gasteiger partial charge on any atom is -0.390 e. The molecule has 1 atom stereocenters. The molecule has 0 amide bonds. The lowest BCUT2D eigenvalue weighted by molar-refractivity contribution is -0.137. The van der Waals surface area contributed by atoms with Gasteiger partial charge >= 0.3 is 6.18 Å². The Labute approximate surface area is 100 Å². The zero-order chi connectivity index (χ0) is 13.4. The minimum absolute atomic E-state index is 0.0332. The molecule has 6 heteroatoms. The zero-order valence-electron chi connectivity index (χ0n) is 10.4. The molecule has 0 aliphatic rings. The summed E-state index contributed by atoms with van der Waals surface area (Å²) in [5, 5.41) is 12.9. The van der Waals surface area contributed by atoms with E-state index in [1.165, 1.54) is 0 Å². The molecule has 0 aliphatic carbocycles. The fourth-order valence-corrected chi connectivity index (χ4v) is 1.45. The average Bonchev–Trinajstić information content (AvgIpc) is 2.14. The summed E-state index contributed by atoms with van der Waals surface area (Å²) in [4.78, 5) is 0. The largest absolute Gasteiger partial charge is 0.390 e. The molecule has 0 radical (unpaired) electrons. The molecule has 17 heavy (non-hydrogen) atoms. The molecule has 104 valence electrons. The molecule has 0 aromatic heterocycles. The van der Waals surface area contributed by atoms with E-state index < -0.39 is 18.2 Å². The van der Waals surface area contributed by atoms with Crippen molar-refractivity contribution < 1.29 is 23.0 Å². The molecule has 0 heterocycles. The van der Waals surface area contributed by atoms with Gasteiger partial charge in [0.25, 0.3) is 0 Å². The predicted molar refractivity (Wildman–Crippen MR) is 59.9 cm³/mol. The highest BCUT2D eigenvalue weighted by Gasteiger charge is 2.28. The first-order valence-electron chi connectivity index (χ1n) is 5.76. The topological polar surface area (TPSA) is 41.5 Å². The van der Waals surface area contributed by atoms with Crippen molar-refractivity contribution in [3.8, 4) is 0 Å². The molecule has 1 unspecified atom stereocenters. The van der Waals surface area contributed by atoms with Crippen LogP contribution < -0.4 is 5.32 Å². The number of aliphatic hydroxyl groups is 1. The van der Waals surface area contributed by atoms with Crippen molar-refractivity contribution in [3.63, 3.8) is 0 Å². The van der Waals surface area contributed by atoms with E-state index in [-0.39, 0.29) is 12.8 Å². The summed E-state index contributed by atoms with van der Waals surface area (Å²) in [6, 6.07) is 0. The highest BCUT2D eigenvalue weighted by atomic mass is 19.4. The van der Waals surface area contributed by atoms with Gasteiger partial charge in [0.15, 0.2) is 0 Å². The monoisotopic (exact) mass is 257 g/mol. The Hall–Kier alpha value is -0.330. The summed E-state index contributed by atoms with van der Waals surface area (Å²) in [7, 11) is 1.59. The van der Waals surface area contributed by atoms with Crippen molar-refractivity contribution >= 4 is 0 Å². The van der Waals surface area contributed by atoms with E-state index in [0.29, 0.717) is 26.1 Å². The first kappa shape index (κ1) is 16.7. The summed E-state index contributed by atoms with van der Waals surface area (Å²) in [5.74, 6) is 0. The van der Waals surface area contributed by atoms with Crippen LogP contribution in [-0.2, 0) is 4.74 Å². The van der Waals surface area contributed by atoms with E-state index in [0.717, 1.165) is 0 Å². The first-order valence-corrected chi connectivity index (χ1v) is 5.76. The Morgan fingerprint density at radius 3 is 2.29 bits per heavy atom. The number of hydrogen-bond donors (Lipinski definition) is 2. The van der Waals surface area contributed by atoms with Crippen molar-refractivity contribution in [2.45, 2.75) is 44.4 Å². The number of ether oxygens (including phenoxy) is 1.